The average Bonchev–Trinajstić information content (AvgIpc) is 3.39. The molecule has 0 saturated carbocycles. The molecule has 1 unspecified atom stereocenters. The quantitative estimate of drug-likeness (QED) is 0.696. The van der Waals surface area contributed by atoms with Crippen LogP contribution in [0.25, 0.3) is 5.82 Å². The molecule has 3 aromatic heterocycles. The van der Waals surface area contributed by atoms with Gasteiger partial charge >= 0.3 is 0 Å². The molecule has 1 amide bonds. The molecule has 0 bridgehead atoms. The topological polar surface area (TPSA) is 89.7 Å². The molecule has 1 aliphatic rings. The van der Waals surface area contributed by atoms with Gasteiger partial charge in [0.05, 0.1) is 6.04 Å². The summed E-state index contributed by atoms with van der Waals surface area (Å²) in [7, 11) is 0. The second-order valence-corrected chi connectivity index (χ2v) is 6.34. The highest BCUT2D eigenvalue weighted by atomic mass is 35.5. The standard InChI is InChI=1S/C18H21N7O.ClH/c26-18(16-5-10-24(23-16)15-3-1-6-19-13-15)21-12-14-4-8-20-17(11-14)25-9-2-7-22-25;/h2,4-5,7-11,15,19H,1,3,6,12-13H2,(H,21,26);1H. The zero-order chi connectivity index (χ0) is 17.8. The van der Waals surface area contributed by atoms with E-state index in [2.05, 4.69) is 25.8 Å². The second kappa shape index (κ2) is 8.79. The molecule has 27 heavy (non-hydrogen) atoms. The molecule has 1 aliphatic heterocycles. The highest BCUT2D eigenvalue weighted by Crippen LogP contribution is 2.15. The summed E-state index contributed by atoms with van der Waals surface area (Å²) in [6.07, 6.45) is 9.35. The van der Waals surface area contributed by atoms with Crippen LogP contribution < -0.4 is 10.6 Å². The van der Waals surface area contributed by atoms with Crippen molar-refractivity contribution in [3.8, 4) is 5.82 Å². The molecule has 3 aromatic rings. The number of nitrogens with zero attached hydrogens (tertiary/aromatic N) is 5. The molecule has 4 rings (SSSR count). The van der Waals surface area contributed by atoms with Gasteiger partial charge in [-0.15, -0.1) is 12.4 Å². The van der Waals surface area contributed by atoms with E-state index in [9.17, 15) is 4.79 Å². The largest absolute Gasteiger partial charge is 0.347 e. The smallest absolute Gasteiger partial charge is 0.272 e. The van der Waals surface area contributed by atoms with Crippen molar-refractivity contribution < 1.29 is 4.79 Å². The summed E-state index contributed by atoms with van der Waals surface area (Å²) in [4.78, 5) is 16.7. The summed E-state index contributed by atoms with van der Waals surface area (Å²) in [5.74, 6) is 0.542. The van der Waals surface area contributed by atoms with E-state index in [-0.39, 0.29) is 18.3 Å². The number of nitrogens with one attached hydrogen (secondary N) is 2. The predicted octanol–water partition coefficient (Wildman–Crippen LogP) is 1.74. The van der Waals surface area contributed by atoms with Gasteiger partial charge in [-0.2, -0.15) is 10.2 Å². The van der Waals surface area contributed by atoms with Crippen LogP contribution in [0.4, 0.5) is 0 Å². The van der Waals surface area contributed by atoms with E-state index in [0.717, 1.165) is 37.3 Å². The van der Waals surface area contributed by atoms with Crippen LogP contribution in [0.15, 0.2) is 49.1 Å². The summed E-state index contributed by atoms with van der Waals surface area (Å²) >= 11 is 0. The summed E-state index contributed by atoms with van der Waals surface area (Å²) in [5, 5.41) is 14.9. The van der Waals surface area contributed by atoms with Gasteiger partial charge in [-0.25, -0.2) is 9.67 Å². The monoisotopic (exact) mass is 387 g/mol. The molecule has 0 radical (unpaired) electrons. The maximum atomic E-state index is 12.4. The van der Waals surface area contributed by atoms with Gasteiger partial charge in [0.15, 0.2) is 5.82 Å². The van der Waals surface area contributed by atoms with E-state index in [1.165, 1.54) is 0 Å². The Morgan fingerprint density at radius 1 is 1.30 bits per heavy atom. The molecule has 4 heterocycles. The predicted molar refractivity (Wildman–Crippen MR) is 103 cm³/mol. The third kappa shape index (κ3) is 4.53. The van der Waals surface area contributed by atoms with Crippen molar-refractivity contribution in [1.29, 1.82) is 0 Å². The Morgan fingerprint density at radius 3 is 3.00 bits per heavy atom. The van der Waals surface area contributed by atoms with Crippen LogP contribution in [0.2, 0.25) is 0 Å². The Bertz CT molecular complexity index is 871. The Hall–Kier alpha value is -2.71. The highest BCUT2D eigenvalue weighted by Gasteiger charge is 2.17. The number of aromatic nitrogens is 5. The molecule has 0 aliphatic carbocycles. The molecule has 1 fully saturated rings. The van der Waals surface area contributed by atoms with E-state index in [4.69, 9.17) is 0 Å². The Kier molecular flexibility index (Phi) is 6.20. The third-order valence-electron chi connectivity index (χ3n) is 4.49. The molecule has 2 N–H and O–H groups in total. The lowest BCUT2D eigenvalue weighted by molar-refractivity contribution is 0.0944. The van der Waals surface area contributed by atoms with Crippen molar-refractivity contribution in [2.75, 3.05) is 13.1 Å². The minimum atomic E-state index is -0.176. The summed E-state index contributed by atoms with van der Waals surface area (Å²) in [5.41, 5.74) is 1.40. The van der Waals surface area contributed by atoms with Gasteiger partial charge < -0.3 is 10.6 Å². The number of piperidine rings is 1. The first kappa shape index (κ1) is 19.1. The van der Waals surface area contributed by atoms with Gasteiger partial charge in [0.2, 0.25) is 0 Å². The van der Waals surface area contributed by atoms with Gasteiger partial charge in [-0.1, -0.05) is 0 Å². The molecule has 142 valence electrons. The lowest BCUT2D eigenvalue weighted by Crippen LogP contribution is -2.32. The number of rotatable bonds is 5. The van der Waals surface area contributed by atoms with Crippen molar-refractivity contribution >= 4 is 18.3 Å². The Labute approximate surface area is 163 Å². The number of amides is 1. The SMILES string of the molecule is Cl.O=C(NCc1ccnc(-n2cccn2)c1)c1ccn(C2CCCNC2)n1. The number of carbonyl (C=O) groups excluding carboxylic acids is 1. The van der Waals surface area contributed by atoms with Crippen LogP contribution in [0.1, 0.15) is 34.9 Å². The first-order valence-electron chi connectivity index (χ1n) is 8.78. The minimum Gasteiger partial charge on any atom is -0.347 e. The number of halogens is 1. The fourth-order valence-corrected chi connectivity index (χ4v) is 3.09. The van der Waals surface area contributed by atoms with Crippen molar-refractivity contribution in [1.82, 2.24) is 35.2 Å². The third-order valence-corrected chi connectivity index (χ3v) is 4.49. The Balaban J connectivity index is 0.00000210. The van der Waals surface area contributed by atoms with Gasteiger partial charge in [0.25, 0.3) is 5.91 Å². The lowest BCUT2D eigenvalue weighted by Gasteiger charge is -2.22. The normalized spacial score (nSPS) is 16.5. The maximum Gasteiger partial charge on any atom is 0.272 e. The van der Waals surface area contributed by atoms with Gasteiger partial charge in [-0.3, -0.25) is 9.48 Å². The first-order chi connectivity index (χ1) is 12.8. The van der Waals surface area contributed by atoms with E-state index < -0.39 is 0 Å². The van der Waals surface area contributed by atoms with Crippen LogP contribution in [0.3, 0.4) is 0 Å². The first-order valence-corrected chi connectivity index (χ1v) is 8.78. The van der Waals surface area contributed by atoms with Crippen LogP contribution in [-0.2, 0) is 6.54 Å². The van der Waals surface area contributed by atoms with E-state index in [1.807, 2.05) is 35.3 Å². The van der Waals surface area contributed by atoms with Gasteiger partial charge in [0.1, 0.15) is 5.69 Å². The highest BCUT2D eigenvalue weighted by molar-refractivity contribution is 5.92. The van der Waals surface area contributed by atoms with Crippen molar-refractivity contribution in [2.45, 2.75) is 25.4 Å². The van der Waals surface area contributed by atoms with Crippen LogP contribution >= 0.6 is 12.4 Å². The molecule has 0 aromatic carbocycles. The van der Waals surface area contributed by atoms with E-state index in [0.29, 0.717) is 18.3 Å². The molecular formula is C18H22ClN7O. The zero-order valence-electron chi connectivity index (χ0n) is 14.8. The van der Waals surface area contributed by atoms with Crippen LogP contribution in [-0.4, -0.2) is 43.5 Å². The van der Waals surface area contributed by atoms with E-state index in [1.54, 1.807) is 23.1 Å². The number of hydrogen-bond donors (Lipinski definition) is 2. The van der Waals surface area contributed by atoms with Crippen molar-refractivity contribution in [3.05, 3.63) is 60.3 Å². The second-order valence-electron chi connectivity index (χ2n) is 6.34. The fraction of sp³-hybridized carbons (Fsp3) is 0.333. The molecule has 9 heteroatoms. The van der Waals surface area contributed by atoms with Crippen LogP contribution in [0.5, 0.6) is 0 Å². The van der Waals surface area contributed by atoms with Crippen molar-refractivity contribution in [3.63, 3.8) is 0 Å². The number of carbonyl (C=O) groups is 1. The van der Waals surface area contributed by atoms with Crippen molar-refractivity contribution in [2.24, 2.45) is 0 Å². The van der Waals surface area contributed by atoms with Gasteiger partial charge in [0, 0.05) is 37.9 Å². The molecule has 0 spiro atoms. The van der Waals surface area contributed by atoms with E-state index >= 15 is 0 Å². The fourth-order valence-electron chi connectivity index (χ4n) is 3.09. The summed E-state index contributed by atoms with van der Waals surface area (Å²) in [6, 6.07) is 7.71. The molecule has 1 atom stereocenters. The number of hydrogen-bond acceptors (Lipinski definition) is 5. The number of pyridine rings is 1. The summed E-state index contributed by atoms with van der Waals surface area (Å²) in [6.45, 7) is 2.36. The average molecular weight is 388 g/mol. The van der Waals surface area contributed by atoms with Gasteiger partial charge in [-0.05, 0) is 49.2 Å². The van der Waals surface area contributed by atoms with Crippen LogP contribution in [0, 0.1) is 0 Å². The minimum absolute atomic E-state index is 0. The Morgan fingerprint density at radius 2 is 2.22 bits per heavy atom. The zero-order valence-corrected chi connectivity index (χ0v) is 15.6. The molecule has 1 saturated heterocycles. The lowest BCUT2D eigenvalue weighted by atomic mass is 10.1. The molecule has 8 nitrogen and oxygen atoms in total. The summed E-state index contributed by atoms with van der Waals surface area (Å²) < 4.78 is 3.58. The maximum absolute atomic E-state index is 12.4. The molecular weight excluding hydrogens is 366 g/mol.